The lowest BCUT2D eigenvalue weighted by molar-refractivity contribution is 0.202. The van der Waals surface area contributed by atoms with Gasteiger partial charge in [-0.15, -0.1) is 0 Å². The first kappa shape index (κ1) is 13.2. The molecule has 1 aromatic rings. The molecule has 0 saturated carbocycles. The third kappa shape index (κ3) is 3.27. The Balaban J connectivity index is 3.03. The van der Waals surface area contributed by atoms with Crippen LogP contribution in [0.3, 0.4) is 0 Å². The normalized spacial score (nSPS) is 11.7. The van der Waals surface area contributed by atoms with Crippen LogP contribution in [0.15, 0.2) is 24.3 Å². The summed E-state index contributed by atoms with van der Waals surface area (Å²) in [7, 11) is -2.18. The maximum absolute atomic E-state index is 5.85. The van der Waals surface area contributed by atoms with E-state index in [4.69, 9.17) is 8.85 Å². The maximum Gasteiger partial charge on any atom is 0.370 e. The molecule has 84 valence electrons. The quantitative estimate of drug-likeness (QED) is 0.608. The largest absolute Gasteiger partial charge is 0.391 e. The summed E-state index contributed by atoms with van der Waals surface area (Å²) >= 11 is 2.34. The molecule has 0 bridgehead atoms. The molecule has 0 spiro atoms. The summed E-state index contributed by atoms with van der Waals surface area (Å²) in [5, 5.41) is 1.23. The first-order valence-electron chi connectivity index (χ1n) is 5.17. The van der Waals surface area contributed by atoms with Crippen molar-refractivity contribution >= 4 is 36.3 Å². The molecule has 15 heavy (non-hydrogen) atoms. The first-order valence-corrected chi connectivity index (χ1v) is 8.56. The number of benzene rings is 1. The van der Waals surface area contributed by atoms with Gasteiger partial charge >= 0.3 is 8.56 Å². The highest BCUT2D eigenvalue weighted by Gasteiger charge is 2.35. The van der Waals surface area contributed by atoms with Gasteiger partial charge in [-0.05, 0) is 49.1 Å². The molecule has 4 heteroatoms. The van der Waals surface area contributed by atoms with Crippen LogP contribution in [0.2, 0.25) is 6.55 Å². The third-order valence-electron chi connectivity index (χ3n) is 2.20. The number of halogens is 1. The molecule has 0 saturated heterocycles. The molecule has 0 radical (unpaired) electrons. The molecular formula is C11H17IO2Si. The van der Waals surface area contributed by atoms with E-state index < -0.39 is 8.56 Å². The highest BCUT2D eigenvalue weighted by molar-refractivity contribution is 14.1. The van der Waals surface area contributed by atoms with Gasteiger partial charge in [0.15, 0.2) is 0 Å². The average Bonchev–Trinajstić information content (AvgIpc) is 2.19. The number of hydrogen-bond donors (Lipinski definition) is 0. The van der Waals surface area contributed by atoms with E-state index in [1.54, 1.807) is 0 Å². The fourth-order valence-electron chi connectivity index (χ4n) is 1.58. The van der Waals surface area contributed by atoms with Gasteiger partial charge in [0, 0.05) is 22.0 Å². The van der Waals surface area contributed by atoms with Gasteiger partial charge in [0.25, 0.3) is 0 Å². The summed E-state index contributed by atoms with van der Waals surface area (Å²) in [6.45, 7) is 7.54. The molecule has 0 aliphatic carbocycles. The summed E-state index contributed by atoms with van der Waals surface area (Å²) in [5.74, 6) is 0. The Bertz CT molecular complexity index is 311. The minimum Gasteiger partial charge on any atom is -0.391 e. The van der Waals surface area contributed by atoms with Gasteiger partial charge in [0.1, 0.15) is 0 Å². The standard InChI is InChI=1S/C11H17IO2Si/c1-4-13-15(3,14-5-2)11-9-7-6-8-10(11)12/h6-9H,4-5H2,1-3H3. The van der Waals surface area contributed by atoms with Gasteiger partial charge < -0.3 is 8.85 Å². The van der Waals surface area contributed by atoms with Crippen molar-refractivity contribution in [3.63, 3.8) is 0 Å². The molecule has 0 unspecified atom stereocenters. The summed E-state index contributed by atoms with van der Waals surface area (Å²) in [6, 6.07) is 8.29. The van der Waals surface area contributed by atoms with Crippen molar-refractivity contribution in [2.75, 3.05) is 13.2 Å². The lowest BCUT2D eigenvalue weighted by Gasteiger charge is -2.27. The Morgan fingerprint density at radius 1 is 1.13 bits per heavy atom. The maximum atomic E-state index is 5.85. The molecule has 0 amide bonds. The third-order valence-corrected chi connectivity index (χ3v) is 6.75. The van der Waals surface area contributed by atoms with Crippen LogP contribution in [0.5, 0.6) is 0 Å². The van der Waals surface area contributed by atoms with Crippen LogP contribution >= 0.6 is 22.6 Å². The van der Waals surface area contributed by atoms with Crippen LogP contribution in [0, 0.1) is 3.57 Å². The smallest absolute Gasteiger partial charge is 0.370 e. The summed E-state index contributed by atoms with van der Waals surface area (Å²) in [5.41, 5.74) is 0. The number of rotatable bonds is 5. The Morgan fingerprint density at radius 2 is 1.67 bits per heavy atom. The van der Waals surface area contributed by atoms with Crippen molar-refractivity contribution in [2.45, 2.75) is 20.4 Å². The predicted molar refractivity (Wildman–Crippen MR) is 73.7 cm³/mol. The lowest BCUT2D eigenvalue weighted by atomic mass is 10.4. The monoisotopic (exact) mass is 336 g/mol. The fraction of sp³-hybridized carbons (Fsp3) is 0.455. The predicted octanol–water partition coefficient (Wildman–Crippen LogP) is 2.64. The van der Waals surface area contributed by atoms with Crippen molar-refractivity contribution in [1.29, 1.82) is 0 Å². The van der Waals surface area contributed by atoms with Gasteiger partial charge in [0.05, 0.1) is 0 Å². The van der Waals surface area contributed by atoms with E-state index in [0.29, 0.717) is 13.2 Å². The van der Waals surface area contributed by atoms with Crippen LogP contribution < -0.4 is 5.19 Å². The van der Waals surface area contributed by atoms with Crippen LogP contribution in [0.25, 0.3) is 0 Å². The Labute approximate surface area is 106 Å². The molecular weight excluding hydrogens is 319 g/mol. The SMILES string of the molecule is CCO[Si](C)(OCC)c1ccccc1I. The van der Waals surface area contributed by atoms with E-state index in [-0.39, 0.29) is 0 Å². The van der Waals surface area contributed by atoms with E-state index in [0.717, 1.165) is 0 Å². The lowest BCUT2D eigenvalue weighted by Crippen LogP contribution is -2.52. The van der Waals surface area contributed by atoms with E-state index >= 15 is 0 Å². The Kier molecular flexibility index (Phi) is 5.24. The summed E-state index contributed by atoms with van der Waals surface area (Å²) in [6.07, 6.45) is 0. The molecule has 0 heterocycles. The van der Waals surface area contributed by atoms with Crippen LogP contribution in [-0.2, 0) is 8.85 Å². The van der Waals surface area contributed by atoms with Crippen LogP contribution in [0.1, 0.15) is 13.8 Å². The van der Waals surface area contributed by atoms with Crippen molar-refractivity contribution in [1.82, 2.24) is 0 Å². The Morgan fingerprint density at radius 3 is 2.13 bits per heavy atom. The Hall–Kier alpha value is 0.0869. The zero-order chi connectivity index (χ0) is 11.3. The minimum absolute atomic E-state index is 0.702. The zero-order valence-corrected chi connectivity index (χ0v) is 12.6. The second-order valence-electron chi connectivity index (χ2n) is 3.29. The van der Waals surface area contributed by atoms with Crippen molar-refractivity contribution in [2.24, 2.45) is 0 Å². The molecule has 2 nitrogen and oxygen atoms in total. The van der Waals surface area contributed by atoms with E-state index in [1.807, 2.05) is 26.0 Å². The summed E-state index contributed by atoms with van der Waals surface area (Å²) < 4.78 is 12.9. The number of hydrogen-bond acceptors (Lipinski definition) is 2. The van der Waals surface area contributed by atoms with Crippen LogP contribution in [-0.4, -0.2) is 21.8 Å². The van der Waals surface area contributed by atoms with Gasteiger partial charge in [-0.3, -0.25) is 0 Å². The zero-order valence-electron chi connectivity index (χ0n) is 9.42. The molecule has 1 rings (SSSR count). The molecule has 0 fully saturated rings. The second-order valence-corrected chi connectivity index (χ2v) is 7.46. The van der Waals surface area contributed by atoms with Crippen molar-refractivity contribution in [3.05, 3.63) is 27.8 Å². The average molecular weight is 336 g/mol. The van der Waals surface area contributed by atoms with Crippen LogP contribution in [0.4, 0.5) is 0 Å². The molecule has 0 N–H and O–H groups in total. The second kappa shape index (κ2) is 5.98. The summed E-state index contributed by atoms with van der Waals surface area (Å²) in [4.78, 5) is 0. The molecule has 0 aromatic heterocycles. The minimum atomic E-state index is -2.18. The van der Waals surface area contributed by atoms with Gasteiger partial charge in [-0.25, -0.2) is 0 Å². The molecule has 0 aliphatic rings. The molecule has 0 atom stereocenters. The van der Waals surface area contributed by atoms with Gasteiger partial charge in [-0.2, -0.15) is 0 Å². The van der Waals surface area contributed by atoms with E-state index in [9.17, 15) is 0 Å². The topological polar surface area (TPSA) is 18.5 Å². The highest BCUT2D eigenvalue weighted by Crippen LogP contribution is 2.12. The van der Waals surface area contributed by atoms with Gasteiger partial charge in [0.2, 0.25) is 0 Å². The first-order chi connectivity index (χ1) is 7.14. The molecule has 0 aliphatic heterocycles. The fourth-order valence-corrected chi connectivity index (χ4v) is 5.85. The van der Waals surface area contributed by atoms with E-state index in [1.165, 1.54) is 8.76 Å². The van der Waals surface area contributed by atoms with Gasteiger partial charge in [-0.1, -0.05) is 18.2 Å². The van der Waals surface area contributed by atoms with Crippen molar-refractivity contribution < 1.29 is 8.85 Å². The molecule has 1 aromatic carbocycles. The highest BCUT2D eigenvalue weighted by atomic mass is 127. The van der Waals surface area contributed by atoms with Crippen molar-refractivity contribution in [3.8, 4) is 0 Å². The van der Waals surface area contributed by atoms with E-state index in [2.05, 4.69) is 41.3 Å².